The van der Waals surface area contributed by atoms with Crippen LogP contribution in [0.2, 0.25) is 5.02 Å². The number of carbonyl (C=O) groups excluding carboxylic acids is 2. The van der Waals surface area contributed by atoms with Crippen molar-refractivity contribution in [1.29, 1.82) is 0 Å². The average molecular weight is 544 g/mol. The molecule has 0 atom stereocenters. The van der Waals surface area contributed by atoms with Crippen LogP contribution >= 0.6 is 11.6 Å². The summed E-state index contributed by atoms with van der Waals surface area (Å²) in [6, 6.07) is 23.9. The Labute approximate surface area is 232 Å². The van der Waals surface area contributed by atoms with E-state index in [1.165, 1.54) is 0 Å². The smallest absolute Gasteiger partial charge is 0.274 e. The van der Waals surface area contributed by atoms with Crippen LogP contribution in [0.5, 0.6) is 0 Å². The number of hydrogen-bond acceptors (Lipinski definition) is 5. The summed E-state index contributed by atoms with van der Waals surface area (Å²) >= 11 is 6.46. The number of aromatic nitrogens is 1. The lowest BCUT2D eigenvalue weighted by molar-refractivity contribution is 0.0987. The number of nitrogens with one attached hydrogen (secondary N) is 3. The van der Waals surface area contributed by atoms with Crippen LogP contribution in [0, 0.1) is 0 Å². The van der Waals surface area contributed by atoms with E-state index in [4.69, 9.17) is 11.6 Å². The van der Waals surface area contributed by atoms with Gasteiger partial charge in [-0.05, 0) is 91.7 Å². The maximum Gasteiger partial charge on any atom is 0.274 e. The quantitative estimate of drug-likeness (QED) is 0.232. The van der Waals surface area contributed by atoms with Crippen LogP contribution in [0.4, 0.5) is 28.4 Å². The van der Waals surface area contributed by atoms with Gasteiger partial charge in [0.05, 0.1) is 16.7 Å². The number of halogens is 1. The summed E-state index contributed by atoms with van der Waals surface area (Å²) in [7, 11) is 1.74. The molecule has 0 bridgehead atoms. The van der Waals surface area contributed by atoms with E-state index < -0.39 is 0 Å². The number of hydrogen-bond donors (Lipinski definition) is 4. The maximum absolute atomic E-state index is 12.9. The molecule has 1 aromatic heterocycles. The number of aliphatic hydroxyl groups excluding tert-OH is 1. The van der Waals surface area contributed by atoms with Crippen LogP contribution < -0.4 is 20.4 Å². The van der Waals surface area contributed by atoms with Gasteiger partial charge in [0.25, 0.3) is 11.8 Å². The average Bonchev–Trinajstić information content (AvgIpc) is 3.49. The van der Waals surface area contributed by atoms with Gasteiger partial charge in [-0.25, -0.2) is 0 Å². The Hall–Kier alpha value is -4.27. The molecule has 0 radical (unpaired) electrons. The summed E-state index contributed by atoms with van der Waals surface area (Å²) < 4.78 is 0. The lowest BCUT2D eigenvalue weighted by atomic mass is 10.1. The van der Waals surface area contributed by atoms with Crippen LogP contribution in [0.25, 0.3) is 0 Å². The number of carbonyl (C=O) groups is 2. The van der Waals surface area contributed by atoms with Crippen molar-refractivity contribution in [3.05, 3.63) is 101 Å². The number of nitrogens with zero attached hydrogens (tertiary/aromatic N) is 2. The Balaban J connectivity index is 1.17. The van der Waals surface area contributed by atoms with Crippen LogP contribution in [-0.4, -0.2) is 48.1 Å². The van der Waals surface area contributed by atoms with Crippen molar-refractivity contribution in [1.82, 2.24) is 4.98 Å². The van der Waals surface area contributed by atoms with E-state index in [1.54, 1.807) is 42.4 Å². The molecule has 1 aliphatic heterocycles. The van der Waals surface area contributed by atoms with Crippen molar-refractivity contribution in [3.8, 4) is 0 Å². The van der Waals surface area contributed by atoms with E-state index in [0.717, 1.165) is 48.7 Å². The van der Waals surface area contributed by atoms with Gasteiger partial charge in [-0.15, -0.1) is 0 Å². The Morgan fingerprint density at radius 1 is 0.949 bits per heavy atom. The predicted octanol–water partition coefficient (Wildman–Crippen LogP) is 5.90. The van der Waals surface area contributed by atoms with Crippen LogP contribution in [0.15, 0.2) is 85.1 Å². The molecule has 9 heteroatoms. The highest BCUT2D eigenvalue weighted by atomic mass is 35.5. The fraction of sp³-hybridized carbons (Fsp3) is 0.200. The number of benzene rings is 3. The van der Waals surface area contributed by atoms with E-state index in [-0.39, 0.29) is 17.9 Å². The SMILES string of the molecule is CN(C(=O)c1ccc[nH]1)c1ccc(Nc2ccc(NC(=O)c3ccc(N4CCC(O)CC4)cc3Cl)cc2)cc1. The van der Waals surface area contributed by atoms with E-state index >= 15 is 0 Å². The van der Waals surface area contributed by atoms with Crippen molar-refractivity contribution in [2.24, 2.45) is 0 Å². The summed E-state index contributed by atoms with van der Waals surface area (Å²) in [5.74, 6) is -0.395. The number of piperidine rings is 1. The molecule has 1 aliphatic rings. The first-order valence-electron chi connectivity index (χ1n) is 12.8. The van der Waals surface area contributed by atoms with E-state index in [2.05, 4.69) is 20.5 Å². The minimum absolute atomic E-state index is 0.113. The second kappa shape index (κ2) is 11.6. The van der Waals surface area contributed by atoms with Crippen molar-refractivity contribution >= 4 is 51.9 Å². The third-order valence-electron chi connectivity index (χ3n) is 6.85. The Morgan fingerprint density at radius 2 is 1.59 bits per heavy atom. The molecule has 39 heavy (non-hydrogen) atoms. The van der Waals surface area contributed by atoms with Gasteiger partial charge in [-0.1, -0.05) is 11.6 Å². The molecule has 1 saturated heterocycles. The lowest BCUT2D eigenvalue weighted by Gasteiger charge is -2.31. The van der Waals surface area contributed by atoms with Crippen LogP contribution in [0.3, 0.4) is 0 Å². The van der Waals surface area contributed by atoms with Crippen LogP contribution in [-0.2, 0) is 0 Å². The maximum atomic E-state index is 12.9. The molecule has 4 aromatic rings. The topological polar surface area (TPSA) is 101 Å². The molecule has 4 N–H and O–H groups in total. The normalized spacial score (nSPS) is 13.7. The molecular formula is C30H30ClN5O3. The van der Waals surface area contributed by atoms with Gasteiger partial charge < -0.3 is 30.5 Å². The Kier molecular flexibility index (Phi) is 7.86. The molecular weight excluding hydrogens is 514 g/mol. The second-order valence-corrected chi connectivity index (χ2v) is 9.94. The van der Waals surface area contributed by atoms with Gasteiger partial charge in [-0.3, -0.25) is 9.59 Å². The highest BCUT2D eigenvalue weighted by Crippen LogP contribution is 2.28. The van der Waals surface area contributed by atoms with Gasteiger partial charge in [0.2, 0.25) is 0 Å². The molecule has 2 heterocycles. The van der Waals surface area contributed by atoms with E-state index in [0.29, 0.717) is 22.0 Å². The molecule has 0 spiro atoms. The number of anilines is 5. The third-order valence-corrected chi connectivity index (χ3v) is 7.16. The van der Waals surface area contributed by atoms with Gasteiger partial charge in [0.15, 0.2) is 0 Å². The number of H-pyrrole nitrogens is 1. The number of aromatic amines is 1. The minimum Gasteiger partial charge on any atom is -0.393 e. The van der Waals surface area contributed by atoms with Crippen molar-refractivity contribution in [2.75, 3.05) is 40.6 Å². The van der Waals surface area contributed by atoms with Crippen molar-refractivity contribution < 1.29 is 14.7 Å². The zero-order valence-corrected chi connectivity index (χ0v) is 22.3. The lowest BCUT2D eigenvalue weighted by Crippen LogP contribution is -2.35. The number of rotatable bonds is 7. The summed E-state index contributed by atoms with van der Waals surface area (Å²) in [5.41, 5.74) is 5.03. The molecule has 3 aromatic carbocycles. The molecule has 1 fully saturated rings. The van der Waals surface area contributed by atoms with Crippen molar-refractivity contribution in [3.63, 3.8) is 0 Å². The fourth-order valence-corrected chi connectivity index (χ4v) is 4.80. The van der Waals surface area contributed by atoms with Crippen LogP contribution in [0.1, 0.15) is 33.7 Å². The zero-order valence-electron chi connectivity index (χ0n) is 21.5. The van der Waals surface area contributed by atoms with Gasteiger partial charge in [0, 0.05) is 54.8 Å². The zero-order chi connectivity index (χ0) is 27.4. The summed E-state index contributed by atoms with van der Waals surface area (Å²) in [4.78, 5) is 32.1. The summed E-state index contributed by atoms with van der Waals surface area (Å²) in [6.45, 7) is 1.52. The Bertz CT molecular complexity index is 1430. The van der Waals surface area contributed by atoms with Crippen molar-refractivity contribution in [2.45, 2.75) is 18.9 Å². The highest BCUT2D eigenvalue weighted by Gasteiger charge is 2.19. The predicted molar refractivity (Wildman–Crippen MR) is 157 cm³/mol. The largest absolute Gasteiger partial charge is 0.393 e. The fourth-order valence-electron chi connectivity index (χ4n) is 4.54. The molecule has 8 nitrogen and oxygen atoms in total. The number of amides is 2. The number of aliphatic hydroxyl groups is 1. The molecule has 5 rings (SSSR count). The van der Waals surface area contributed by atoms with Gasteiger partial charge in [0.1, 0.15) is 5.69 Å². The second-order valence-electron chi connectivity index (χ2n) is 9.53. The molecule has 200 valence electrons. The monoisotopic (exact) mass is 543 g/mol. The standard InChI is InChI=1S/C30H30ClN5O3/c1-35(30(39)28-3-2-16-32-28)23-10-8-21(9-11-23)33-20-4-6-22(7-5-20)34-29(38)26-13-12-24(19-27(26)31)36-17-14-25(37)15-18-36/h2-13,16,19,25,32-33,37H,14-15,17-18H2,1H3,(H,34,38). The first kappa shape index (κ1) is 26.3. The minimum atomic E-state index is -0.282. The first-order chi connectivity index (χ1) is 18.9. The van der Waals surface area contributed by atoms with Gasteiger partial charge >= 0.3 is 0 Å². The van der Waals surface area contributed by atoms with E-state index in [1.807, 2.05) is 54.6 Å². The summed E-state index contributed by atoms with van der Waals surface area (Å²) in [6.07, 6.45) is 2.93. The first-order valence-corrected chi connectivity index (χ1v) is 13.2. The molecule has 2 amide bonds. The molecule has 0 unspecified atom stereocenters. The van der Waals surface area contributed by atoms with Gasteiger partial charge in [-0.2, -0.15) is 0 Å². The Morgan fingerprint density at radius 3 is 2.21 bits per heavy atom. The molecule has 0 saturated carbocycles. The third kappa shape index (κ3) is 6.25. The molecule has 0 aliphatic carbocycles. The van der Waals surface area contributed by atoms with E-state index in [9.17, 15) is 14.7 Å². The summed E-state index contributed by atoms with van der Waals surface area (Å²) in [5, 5.41) is 16.3. The highest BCUT2D eigenvalue weighted by molar-refractivity contribution is 6.34.